The maximum atomic E-state index is 11.6. The van der Waals surface area contributed by atoms with Crippen molar-refractivity contribution in [3.05, 3.63) is 28.3 Å². The van der Waals surface area contributed by atoms with Crippen LogP contribution in [0.15, 0.2) is 18.2 Å². The van der Waals surface area contributed by atoms with Crippen LogP contribution >= 0.6 is 0 Å². The molecule has 1 aromatic carbocycles. The van der Waals surface area contributed by atoms with Gasteiger partial charge in [-0.2, -0.15) is 0 Å². The maximum Gasteiger partial charge on any atom is 0.337 e. The Kier molecular flexibility index (Phi) is 5.74. The van der Waals surface area contributed by atoms with Gasteiger partial charge in [0.2, 0.25) is 6.29 Å². The molecule has 0 amide bonds. The minimum Gasteiger partial charge on any atom is -0.493 e. The summed E-state index contributed by atoms with van der Waals surface area (Å²) in [6.45, 7) is 0. The van der Waals surface area contributed by atoms with Crippen LogP contribution in [-0.2, 0) is 14.3 Å². The highest BCUT2D eigenvalue weighted by molar-refractivity contribution is 5.75. The molecule has 0 spiro atoms. The molecule has 138 valence electrons. The number of esters is 1. The highest BCUT2D eigenvalue weighted by atomic mass is 16.7. The number of rotatable bonds is 5. The molecule has 1 heterocycles. The highest BCUT2D eigenvalue weighted by Crippen LogP contribution is 2.34. The quantitative estimate of drug-likeness (QED) is 0.337. The summed E-state index contributed by atoms with van der Waals surface area (Å²) in [5.74, 6) is -1.03. The second-order valence-corrected chi connectivity index (χ2v) is 5.13. The third-order valence-electron chi connectivity index (χ3n) is 3.60. The molecule has 0 aromatic heterocycles. The molecule has 1 saturated heterocycles. The van der Waals surface area contributed by atoms with Gasteiger partial charge < -0.3 is 34.3 Å². The summed E-state index contributed by atoms with van der Waals surface area (Å²) in [5.41, 5.74) is -0.253. The molecule has 5 unspecified atom stereocenters. The number of hydrogen-bond donors (Lipinski definition) is 3. The third kappa shape index (κ3) is 3.79. The number of non-ortho nitro benzene ring substituents is 1. The normalized spacial score (nSPS) is 28.9. The molecule has 11 nitrogen and oxygen atoms in total. The van der Waals surface area contributed by atoms with Gasteiger partial charge in [0.25, 0.3) is 5.69 Å². The highest BCUT2D eigenvalue weighted by Gasteiger charge is 2.48. The number of ether oxygens (including phenoxy) is 4. The van der Waals surface area contributed by atoms with Gasteiger partial charge in [-0.05, 0) is 6.07 Å². The Morgan fingerprint density at radius 3 is 2.40 bits per heavy atom. The number of carbonyl (C=O) groups is 1. The lowest BCUT2D eigenvalue weighted by Gasteiger charge is -2.38. The number of hydrogen-bond acceptors (Lipinski definition) is 10. The molecule has 3 N–H and O–H groups in total. The van der Waals surface area contributed by atoms with Gasteiger partial charge in [-0.1, -0.05) is 0 Å². The smallest absolute Gasteiger partial charge is 0.337 e. The largest absolute Gasteiger partial charge is 0.493 e. The molecule has 0 radical (unpaired) electrons. The maximum absolute atomic E-state index is 11.6. The second kappa shape index (κ2) is 7.61. The van der Waals surface area contributed by atoms with Gasteiger partial charge in [-0.25, -0.2) is 4.79 Å². The number of aliphatic hydroxyl groups is 3. The molecule has 1 aliphatic rings. The van der Waals surface area contributed by atoms with Crippen molar-refractivity contribution >= 4 is 11.7 Å². The van der Waals surface area contributed by atoms with E-state index in [-0.39, 0.29) is 17.2 Å². The molecule has 1 fully saturated rings. The number of carbonyl (C=O) groups excluding carboxylic acids is 1. The predicted octanol–water partition coefficient (Wildman–Crippen LogP) is -1.04. The van der Waals surface area contributed by atoms with Crippen molar-refractivity contribution in [3.63, 3.8) is 0 Å². The molecule has 0 bridgehead atoms. The second-order valence-electron chi connectivity index (χ2n) is 5.13. The monoisotopic (exact) mass is 359 g/mol. The van der Waals surface area contributed by atoms with Crippen molar-refractivity contribution in [2.75, 3.05) is 14.2 Å². The van der Waals surface area contributed by atoms with Crippen LogP contribution in [-0.4, -0.2) is 71.1 Å². The third-order valence-corrected chi connectivity index (χ3v) is 3.60. The number of benzene rings is 1. The number of nitro groups is 1. The zero-order chi connectivity index (χ0) is 18.7. The molecular formula is C14H17NO10. The molecule has 5 atom stereocenters. The van der Waals surface area contributed by atoms with E-state index in [2.05, 4.69) is 4.74 Å². The van der Waals surface area contributed by atoms with E-state index in [4.69, 9.17) is 14.2 Å². The molecule has 11 heteroatoms. The zero-order valence-electron chi connectivity index (χ0n) is 13.3. The minimum absolute atomic E-state index is 0.0276. The van der Waals surface area contributed by atoms with Crippen LogP contribution in [0.4, 0.5) is 5.69 Å². The van der Waals surface area contributed by atoms with Crippen LogP contribution in [0, 0.1) is 10.1 Å². The lowest BCUT2D eigenvalue weighted by atomic mass is 9.99. The Labute approximate surface area is 141 Å². The van der Waals surface area contributed by atoms with E-state index in [0.717, 1.165) is 19.2 Å². The van der Waals surface area contributed by atoms with Crippen LogP contribution < -0.4 is 9.47 Å². The average molecular weight is 359 g/mol. The molecule has 0 aliphatic carbocycles. The molecule has 1 aliphatic heterocycles. The van der Waals surface area contributed by atoms with Gasteiger partial charge in [-0.15, -0.1) is 0 Å². The summed E-state index contributed by atoms with van der Waals surface area (Å²) >= 11 is 0. The molecule has 2 rings (SSSR count). The van der Waals surface area contributed by atoms with E-state index in [9.17, 15) is 30.2 Å². The zero-order valence-corrected chi connectivity index (χ0v) is 13.3. The van der Waals surface area contributed by atoms with E-state index in [1.807, 2.05) is 0 Å². The number of aliphatic hydroxyl groups excluding tert-OH is 3. The summed E-state index contributed by atoms with van der Waals surface area (Å²) in [5, 5.41) is 40.4. The lowest BCUT2D eigenvalue weighted by molar-refractivity contribution is -0.385. The van der Waals surface area contributed by atoms with Crippen molar-refractivity contribution < 1.29 is 44.0 Å². The lowest BCUT2D eigenvalue weighted by Crippen LogP contribution is -2.61. The SMILES string of the molecule is COC(=O)C1OC(Oc2ccc([N+](=O)[O-])cc2OC)C(O)C(O)C1O. The molecule has 0 saturated carbocycles. The predicted molar refractivity (Wildman–Crippen MR) is 79.0 cm³/mol. The number of nitro benzene ring substituents is 1. The Morgan fingerprint density at radius 1 is 1.16 bits per heavy atom. The first-order valence-corrected chi connectivity index (χ1v) is 7.06. The van der Waals surface area contributed by atoms with E-state index >= 15 is 0 Å². The van der Waals surface area contributed by atoms with Crippen molar-refractivity contribution in [3.8, 4) is 11.5 Å². The molecule has 25 heavy (non-hydrogen) atoms. The topological polar surface area (TPSA) is 158 Å². The molecule has 1 aromatic rings. The van der Waals surface area contributed by atoms with Crippen molar-refractivity contribution in [2.45, 2.75) is 30.7 Å². The Hall–Kier alpha value is -2.47. The van der Waals surface area contributed by atoms with Crippen LogP contribution in [0.1, 0.15) is 0 Å². The number of nitrogens with zero attached hydrogens (tertiary/aromatic N) is 1. The fourth-order valence-corrected chi connectivity index (χ4v) is 2.25. The Bertz CT molecular complexity index is 650. The summed E-state index contributed by atoms with van der Waals surface area (Å²) < 4.78 is 20.0. The van der Waals surface area contributed by atoms with Crippen LogP contribution in [0.25, 0.3) is 0 Å². The first-order valence-electron chi connectivity index (χ1n) is 7.06. The number of methoxy groups -OCH3 is 2. The van der Waals surface area contributed by atoms with Gasteiger partial charge >= 0.3 is 5.97 Å². The Balaban J connectivity index is 2.26. The summed E-state index contributed by atoms with van der Waals surface area (Å²) in [6, 6.07) is 3.43. The van der Waals surface area contributed by atoms with E-state index in [0.29, 0.717) is 0 Å². The van der Waals surface area contributed by atoms with Crippen molar-refractivity contribution in [1.29, 1.82) is 0 Å². The van der Waals surface area contributed by atoms with Gasteiger partial charge in [-0.3, -0.25) is 10.1 Å². The minimum atomic E-state index is -1.74. The summed E-state index contributed by atoms with van der Waals surface area (Å²) in [7, 11) is 2.31. The average Bonchev–Trinajstić information content (AvgIpc) is 2.61. The first-order chi connectivity index (χ1) is 11.8. The van der Waals surface area contributed by atoms with Gasteiger partial charge in [0.1, 0.15) is 18.3 Å². The van der Waals surface area contributed by atoms with Crippen LogP contribution in [0.5, 0.6) is 11.5 Å². The van der Waals surface area contributed by atoms with E-state index in [1.165, 1.54) is 13.2 Å². The van der Waals surface area contributed by atoms with Crippen molar-refractivity contribution in [2.24, 2.45) is 0 Å². The van der Waals surface area contributed by atoms with Gasteiger partial charge in [0.15, 0.2) is 17.6 Å². The fraction of sp³-hybridized carbons (Fsp3) is 0.500. The standard InChI is InChI=1S/C14H17NO10/c1-22-8-5-6(15(20)21)3-4-7(8)24-14-11(18)9(16)10(17)12(25-14)13(19)23-2/h3-5,9-12,14,16-18H,1-2H3. The van der Waals surface area contributed by atoms with E-state index in [1.54, 1.807) is 0 Å². The summed E-state index contributed by atoms with van der Waals surface area (Å²) in [4.78, 5) is 21.8. The van der Waals surface area contributed by atoms with Gasteiger partial charge in [0, 0.05) is 6.07 Å². The van der Waals surface area contributed by atoms with Crippen molar-refractivity contribution in [1.82, 2.24) is 0 Å². The summed E-state index contributed by atoms with van der Waals surface area (Å²) in [6.07, 6.45) is -8.31. The van der Waals surface area contributed by atoms with E-state index < -0.39 is 41.6 Å². The van der Waals surface area contributed by atoms with Crippen LogP contribution in [0.2, 0.25) is 0 Å². The van der Waals surface area contributed by atoms with Gasteiger partial charge in [0.05, 0.1) is 25.2 Å². The molecular weight excluding hydrogens is 342 g/mol. The Morgan fingerprint density at radius 2 is 1.84 bits per heavy atom. The first kappa shape index (κ1) is 18.9. The van der Waals surface area contributed by atoms with Crippen LogP contribution in [0.3, 0.4) is 0 Å². The fourth-order valence-electron chi connectivity index (χ4n) is 2.25.